The summed E-state index contributed by atoms with van der Waals surface area (Å²) in [7, 11) is 0. The van der Waals surface area contributed by atoms with Crippen molar-refractivity contribution in [3.8, 4) is 0 Å². The first-order valence-corrected chi connectivity index (χ1v) is 3.49. The Kier molecular flexibility index (Phi) is 2.03. The maximum atomic E-state index is 5.26. The van der Waals surface area contributed by atoms with Crippen LogP contribution >= 0.6 is 0 Å². The molecule has 0 aromatic carbocycles. The number of rotatable bonds is 1. The van der Waals surface area contributed by atoms with E-state index in [1.807, 2.05) is 19.9 Å². The Bertz CT molecular complexity index is 226. The molecule has 1 atom stereocenters. The minimum atomic E-state index is -0.215. The molecule has 60 valence electrons. The van der Waals surface area contributed by atoms with E-state index < -0.39 is 0 Å². The van der Waals surface area contributed by atoms with Gasteiger partial charge >= 0.3 is 0 Å². The van der Waals surface area contributed by atoms with E-state index >= 15 is 0 Å². The predicted octanol–water partition coefficient (Wildman–Crippen LogP) is 2.35. The Morgan fingerprint density at radius 3 is 2.55 bits per heavy atom. The molecule has 11 heavy (non-hydrogen) atoms. The zero-order valence-corrected chi connectivity index (χ0v) is 6.89. The fourth-order valence-corrected chi connectivity index (χ4v) is 0.865. The van der Waals surface area contributed by atoms with E-state index in [2.05, 4.69) is 13.2 Å². The molecule has 0 radical (unpaired) electrons. The first-order chi connectivity index (χ1) is 5.09. The fourth-order valence-electron chi connectivity index (χ4n) is 0.865. The van der Waals surface area contributed by atoms with Crippen LogP contribution < -0.4 is 0 Å². The molecule has 2 nitrogen and oxygen atoms in total. The highest BCUT2D eigenvalue weighted by atomic mass is 16.7. The predicted molar refractivity (Wildman–Crippen MR) is 43.7 cm³/mol. The van der Waals surface area contributed by atoms with Crippen LogP contribution in [0.3, 0.4) is 0 Å². The summed E-state index contributed by atoms with van der Waals surface area (Å²) in [5, 5.41) is 0. The lowest BCUT2D eigenvalue weighted by Gasteiger charge is -1.98. The Morgan fingerprint density at radius 1 is 1.55 bits per heavy atom. The van der Waals surface area contributed by atoms with Crippen LogP contribution in [-0.2, 0) is 9.47 Å². The summed E-state index contributed by atoms with van der Waals surface area (Å²) < 4.78 is 10.4. The van der Waals surface area contributed by atoms with Gasteiger partial charge in [0.05, 0.1) is 0 Å². The van der Waals surface area contributed by atoms with Crippen molar-refractivity contribution in [1.82, 2.24) is 0 Å². The average Bonchev–Trinajstić information content (AvgIpc) is 2.09. The van der Waals surface area contributed by atoms with E-state index in [1.54, 1.807) is 0 Å². The summed E-state index contributed by atoms with van der Waals surface area (Å²) in [5.41, 5.74) is 0.929. The summed E-state index contributed by atoms with van der Waals surface area (Å²) in [6, 6.07) is 0. The van der Waals surface area contributed by atoms with Crippen molar-refractivity contribution in [2.24, 2.45) is 0 Å². The molecular weight excluding hydrogens is 140 g/mol. The van der Waals surface area contributed by atoms with Crippen molar-refractivity contribution < 1.29 is 9.47 Å². The lowest BCUT2D eigenvalue weighted by Crippen LogP contribution is -1.97. The molecule has 0 amide bonds. The second-order valence-electron chi connectivity index (χ2n) is 2.58. The number of allylic oxidation sites excluding steroid dienone is 2. The molecule has 0 saturated carbocycles. The van der Waals surface area contributed by atoms with Crippen molar-refractivity contribution in [2.75, 3.05) is 0 Å². The molecular formula is C9H12O2. The highest BCUT2D eigenvalue weighted by Crippen LogP contribution is 2.24. The number of hydrogen-bond acceptors (Lipinski definition) is 2. The van der Waals surface area contributed by atoms with E-state index in [-0.39, 0.29) is 6.29 Å². The maximum absolute atomic E-state index is 5.26. The first kappa shape index (κ1) is 7.92. The van der Waals surface area contributed by atoms with E-state index in [0.29, 0.717) is 11.5 Å². The van der Waals surface area contributed by atoms with Crippen LogP contribution in [0.2, 0.25) is 0 Å². The maximum Gasteiger partial charge on any atom is 0.238 e. The Hall–Kier alpha value is -1.18. The van der Waals surface area contributed by atoms with Gasteiger partial charge in [-0.3, -0.25) is 0 Å². The topological polar surface area (TPSA) is 18.5 Å². The molecule has 1 saturated heterocycles. The van der Waals surface area contributed by atoms with Crippen LogP contribution in [0, 0.1) is 0 Å². The lowest BCUT2D eigenvalue weighted by molar-refractivity contribution is -0.000298. The summed E-state index contributed by atoms with van der Waals surface area (Å²) in [5.74, 6) is 1.27. The molecule has 0 N–H and O–H groups in total. The molecule has 1 fully saturated rings. The molecule has 1 rings (SSSR count). The zero-order valence-electron chi connectivity index (χ0n) is 6.89. The van der Waals surface area contributed by atoms with Gasteiger partial charge in [0.15, 0.2) is 11.5 Å². The van der Waals surface area contributed by atoms with Crippen LogP contribution in [0.5, 0.6) is 0 Å². The Balaban J connectivity index is 2.75. The number of hydrogen-bond donors (Lipinski definition) is 0. The second kappa shape index (κ2) is 2.82. The van der Waals surface area contributed by atoms with Gasteiger partial charge in [0.1, 0.15) is 0 Å². The molecule has 0 aliphatic carbocycles. The van der Waals surface area contributed by atoms with Gasteiger partial charge in [-0.25, -0.2) is 0 Å². The van der Waals surface area contributed by atoms with E-state index in [1.165, 1.54) is 0 Å². The van der Waals surface area contributed by atoms with Crippen molar-refractivity contribution in [3.63, 3.8) is 0 Å². The third kappa shape index (κ3) is 1.87. The molecule has 0 bridgehead atoms. The van der Waals surface area contributed by atoms with E-state index in [4.69, 9.17) is 9.47 Å². The Morgan fingerprint density at radius 2 is 2.18 bits per heavy atom. The van der Waals surface area contributed by atoms with Crippen LogP contribution in [0.25, 0.3) is 0 Å². The van der Waals surface area contributed by atoms with Crippen LogP contribution in [0.4, 0.5) is 0 Å². The molecule has 1 aliphatic heterocycles. The quantitative estimate of drug-likeness (QED) is 0.574. The van der Waals surface area contributed by atoms with Crippen LogP contribution in [-0.4, -0.2) is 6.29 Å². The van der Waals surface area contributed by atoms with Crippen molar-refractivity contribution >= 4 is 0 Å². The monoisotopic (exact) mass is 152 g/mol. The summed E-state index contributed by atoms with van der Waals surface area (Å²) in [6.45, 7) is 11.1. The van der Waals surface area contributed by atoms with Crippen molar-refractivity contribution in [3.05, 3.63) is 36.3 Å². The zero-order chi connectivity index (χ0) is 8.43. The smallest absolute Gasteiger partial charge is 0.238 e. The highest BCUT2D eigenvalue weighted by molar-refractivity contribution is 5.27. The minimum absolute atomic E-state index is 0.215. The van der Waals surface area contributed by atoms with Gasteiger partial charge in [-0.1, -0.05) is 18.7 Å². The molecule has 2 heteroatoms. The van der Waals surface area contributed by atoms with Gasteiger partial charge in [0.2, 0.25) is 6.29 Å². The molecule has 1 heterocycles. The largest absolute Gasteiger partial charge is 0.452 e. The standard InChI is InChI=1S/C9H12O2/c1-6(2)5-9-7(3)10-8(4)11-9/h5,8H,1,3H2,2,4H3/b9-5+. The third-order valence-corrected chi connectivity index (χ3v) is 1.25. The van der Waals surface area contributed by atoms with Crippen LogP contribution in [0.1, 0.15) is 13.8 Å². The third-order valence-electron chi connectivity index (χ3n) is 1.25. The van der Waals surface area contributed by atoms with Crippen molar-refractivity contribution in [1.29, 1.82) is 0 Å². The van der Waals surface area contributed by atoms with Gasteiger partial charge in [-0.2, -0.15) is 0 Å². The minimum Gasteiger partial charge on any atom is -0.452 e. The van der Waals surface area contributed by atoms with E-state index in [9.17, 15) is 0 Å². The van der Waals surface area contributed by atoms with Gasteiger partial charge in [0.25, 0.3) is 0 Å². The normalized spacial score (nSPS) is 26.5. The van der Waals surface area contributed by atoms with Gasteiger partial charge in [-0.05, 0) is 13.0 Å². The molecule has 1 aliphatic rings. The van der Waals surface area contributed by atoms with Gasteiger partial charge in [-0.15, -0.1) is 0 Å². The van der Waals surface area contributed by atoms with Crippen LogP contribution in [0.15, 0.2) is 36.3 Å². The van der Waals surface area contributed by atoms with Gasteiger partial charge in [0, 0.05) is 6.92 Å². The molecule has 0 aromatic heterocycles. The average molecular weight is 152 g/mol. The SMILES string of the molecule is C=C(C)/C=C1/OC(C)OC1=C. The molecule has 0 spiro atoms. The highest BCUT2D eigenvalue weighted by Gasteiger charge is 2.20. The second-order valence-corrected chi connectivity index (χ2v) is 2.58. The molecule has 0 aromatic rings. The molecule has 1 unspecified atom stereocenters. The Labute approximate surface area is 66.8 Å². The summed E-state index contributed by atoms with van der Waals surface area (Å²) >= 11 is 0. The first-order valence-electron chi connectivity index (χ1n) is 3.49. The fraction of sp³-hybridized carbons (Fsp3) is 0.333. The summed E-state index contributed by atoms with van der Waals surface area (Å²) in [6.07, 6.45) is 1.60. The lowest BCUT2D eigenvalue weighted by atomic mass is 10.3. The number of ether oxygens (including phenoxy) is 2. The summed E-state index contributed by atoms with van der Waals surface area (Å²) in [4.78, 5) is 0. The van der Waals surface area contributed by atoms with Gasteiger partial charge < -0.3 is 9.47 Å². The van der Waals surface area contributed by atoms with Crippen molar-refractivity contribution in [2.45, 2.75) is 20.1 Å². The van der Waals surface area contributed by atoms with E-state index in [0.717, 1.165) is 5.57 Å².